The van der Waals surface area contributed by atoms with Crippen LogP contribution in [0.2, 0.25) is 0 Å². The number of rotatable bonds is 9. The summed E-state index contributed by atoms with van der Waals surface area (Å²) in [5.74, 6) is 0.637. The Morgan fingerprint density at radius 2 is 1.84 bits per heavy atom. The fourth-order valence-corrected chi connectivity index (χ4v) is 5.85. The van der Waals surface area contributed by atoms with Crippen molar-refractivity contribution in [2.75, 3.05) is 12.4 Å². The Labute approximate surface area is 229 Å². The van der Waals surface area contributed by atoms with E-state index in [1.165, 1.54) is 35.1 Å². The van der Waals surface area contributed by atoms with Crippen LogP contribution in [0.5, 0.6) is 5.75 Å². The summed E-state index contributed by atoms with van der Waals surface area (Å²) in [6, 6.07) is 16.4. The van der Waals surface area contributed by atoms with Gasteiger partial charge in [0.05, 0.1) is 30.9 Å². The van der Waals surface area contributed by atoms with Crippen molar-refractivity contribution in [3.8, 4) is 17.1 Å². The van der Waals surface area contributed by atoms with Crippen LogP contribution in [0.25, 0.3) is 21.7 Å². The van der Waals surface area contributed by atoms with Crippen LogP contribution in [0.3, 0.4) is 0 Å². The Bertz CT molecular complexity index is 1690. The first-order valence-electron chi connectivity index (χ1n) is 11.5. The van der Waals surface area contributed by atoms with Crippen molar-refractivity contribution in [3.05, 3.63) is 92.8 Å². The number of fused-ring (bicyclic) bond motifs is 1. The van der Waals surface area contributed by atoms with E-state index in [-0.39, 0.29) is 28.9 Å². The van der Waals surface area contributed by atoms with E-state index in [0.29, 0.717) is 38.1 Å². The highest BCUT2D eigenvalue weighted by atomic mass is 32.2. The predicted molar refractivity (Wildman–Crippen MR) is 148 cm³/mol. The second-order valence-electron chi connectivity index (χ2n) is 7.94. The molecule has 0 radical (unpaired) electrons. The molecule has 0 saturated heterocycles. The average Bonchev–Trinajstić information content (AvgIpc) is 3.55. The quantitative estimate of drug-likeness (QED) is 0.143. The standard InChI is InChI=1S/C26H21FN4O4S3/c1-2-34-19-11-9-17(10-12-19)30-23-22(38-26(30)36)24(33)31(18-7-5-16(27)6-8-18)25(29-23)37-15-21(32)28-14-20-4-3-13-35-20/h3-13H,2,14-15H2,1H3,(H,28,32). The fraction of sp³-hybridized carbons (Fsp3) is 0.154. The normalized spacial score (nSPS) is 11.1. The number of hydrogen-bond donors (Lipinski definition) is 1. The van der Waals surface area contributed by atoms with Crippen molar-refractivity contribution >= 4 is 51.6 Å². The molecule has 3 aromatic heterocycles. The number of ether oxygens (including phenoxy) is 1. The summed E-state index contributed by atoms with van der Waals surface area (Å²) in [6.07, 6.45) is 1.53. The highest BCUT2D eigenvalue weighted by molar-refractivity contribution is 7.99. The number of halogens is 1. The maximum absolute atomic E-state index is 13.7. The average molecular weight is 569 g/mol. The van der Waals surface area contributed by atoms with E-state index in [2.05, 4.69) is 5.32 Å². The molecule has 5 rings (SSSR count). The molecule has 8 nitrogen and oxygen atoms in total. The van der Waals surface area contributed by atoms with Gasteiger partial charge in [0.25, 0.3) is 5.56 Å². The molecule has 2 aromatic carbocycles. The number of furan rings is 1. The van der Waals surface area contributed by atoms with E-state index in [4.69, 9.17) is 26.4 Å². The van der Waals surface area contributed by atoms with Crippen LogP contribution in [0.1, 0.15) is 12.7 Å². The number of hydrogen-bond acceptors (Lipinski definition) is 8. The molecule has 5 aromatic rings. The summed E-state index contributed by atoms with van der Waals surface area (Å²) in [5, 5.41) is 3.05. The lowest BCUT2D eigenvalue weighted by Crippen LogP contribution is -2.26. The van der Waals surface area contributed by atoms with Gasteiger partial charge in [0.2, 0.25) is 5.91 Å². The maximum Gasteiger partial charge on any atom is 0.278 e. The molecule has 0 aliphatic heterocycles. The van der Waals surface area contributed by atoms with Crippen LogP contribution in [-0.2, 0) is 11.3 Å². The number of carbonyl (C=O) groups excluding carboxylic acids is 1. The third kappa shape index (κ3) is 5.42. The highest BCUT2D eigenvalue weighted by Gasteiger charge is 2.20. The monoisotopic (exact) mass is 568 g/mol. The van der Waals surface area contributed by atoms with Crippen LogP contribution in [-0.4, -0.2) is 32.4 Å². The van der Waals surface area contributed by atoms with Crippen molar-refractivity contribution in [1.82, 2.24) is 19.4 Å². The summed E-state index contributed by atoms with van der Waals surface area (Å²) in [4.78, 5) is 31.1. The summed E-state index contributed by atoms with van der Waals surface area (Å²) < 4.78 is 28.3. The minimum atomic E-state index is -0.431. The van der Waals surface area contributed by atoms with Gasteiger partial charge in [0, 0.05) is 5.69 Å². The Hall–Kier alpha value is -3.74. The lowest BCUT2D eigenvalue weighted by Gasteiger charge is -2.13. The lowest BCUT2D eigenvalue weighted by atomic mass is 10.3. The molecule has 1 N–H and O–H groups in total. The van der Waals surface area contributed by atoms with Gasteiger partial charge in [-0.2, -0.15) is 0 Å². The first-order chi connectivity index (χ1) is 18.4. The van der Waals surface area contributed by atoms with E-state index in [0.717, 1.165) is 28.8 Å². The number of carbonyl (C=O) groups is 1. The Morgan fingerprint density at radius 1 is 1.13 bits per heavy atom. The highest BCUT2D eigenvalue weighted by Crippen LogP contribution is 2.28. The molecule has 0 aliphatic carbocycles. The summed E-state index contributed by atoms with van der Waals surface area (Å²) >= 11 is 7.85. The molecule has 0 unspecified atom stereocenters. The van der Waals surface area contributed by atoms with Crippen LogP contribution in [0.15, 0.2) is 81.3 Å². The molecule has 38 heavy (non-hydrogen) atoms. The zero-order chi connectivity index (χ0) is 26.6. The largest absolute Gasteiger partial charge is 0.494 e. The summed E-state index contributed by atoms with van der Waals surface area (Å²) in [6.45, 7) is 2.69. The number of nitrogens with one attached hydrogen (secondary N) is 1. The molecule has 0 bridgehead atoms. The summed E-state index contributed by atoms with van der Waals surface area (Å²) in [7, 11) is 0. The molecular weight excluding hydrogens is 548 g/mol. The van der Waals surface area contributed by atoms with Crippen molar-refractivity contribution in [1.29, 1.82) is 0 Å². The van der Waals surface area contributed by atoms with Gasteiger partial charge < -0.3 is 14.5 Å². The third-order valence-corrected chi connectivity index (χ3v) is 7.73. The van der Waals surface area contributed by atoms with Gasteiger partial charge in [-0.3, -0.25) is 18.7 Å². The van der Waals surface area contributed by atoms with Crippen molar-refractivity contribution < 1.29 is 18.3 Å². The topological polar surface area (TPSA) is 91.3 Å². The molecule has 0 aliphatic rings. The number of amides is 1. The van der Waals surface area contributed by atoms with Gasteiger partial charge in [-0.05, 0) is 79.8 Å². The van der Waals surface area contributed by atoms with Crippen molar-refractivity contribution in [2.45, 2.75) is 18.6 Å². The Kier molecular flexibility index (Phi) is 7.72. The smallest absolute Gasteiger partial charge is 0.278 e. The van der Waals surface area contributed by atoms with Crippen molar-refractivity contribution in [3.63, 3.8) is 0 Å². The lowest BCUT2D eigenvalue weighted by molar-refractivity contribution is -0.118. The molecule has 0 saturated carbocycles. The first-order valence-corrected chi connectivity index (χ1v) is 13.8. The van der Waals surface area contributed by atoms with Crippen molar-refractivity contribution in [2.24, 2.45) is 0 Å². The Balaban J connectivity index is 1.55. The molecule has 12 heteroatoms. The van der Waals surface area contributed by atoms with E-state index in [9.17, 15) is 14.0 Å². The molecule has 3 heterocycles. The fourth-order valence-electron chi connectivity index (χ4n) is 3.72. The minimum absolute atomic E-state index is 0.00618. The van der Waals surface area contributed by atoms with Crippen LogP contribution in [0.4, 0.5) is 4.39 Å². The number of nitrogens with zero attached hydrogens (tertiary/aromatic N) is 3. The van der Waals surface area contributed by atoms with Gasteiger partial charge in [-0.15, -0.1) is 0 Å². The zero-order valence-corrected chi connectivity index (χ0v) is 22.5. The second kappa shape index (κ2) is 11.3. The predicted octanol–water partition coefficient (Wildman–Crippen LogP) is 5.51. The summed E-state index contributed by atoms with van der Waals surface area (Å²) in [5.41, 5.74) is 1.17. The second-order valence-corrected chi connectivity index (χ2v) is 10.5. The third-order valence-electron chi connectivity index (χ3n) is 5.44. The number of aromatic nitrogens is 3. The molecule has 194 valence electrons. The van der Waals surface area contributed by atoms with E-state index in [1.807, 2.05) is 31.2 Å². The number of thioether (sulfide) groups is 1. The number of benzene rings is 2. The molecule has 0 atom stereocenters. The van der Waals surface area contributed by atoms with Gasteiger partial charge in [-0.1, -0.05) is 23.1 Å². The maximum atomic E-state index is 13.7. The van der Waals surface area contributed by atoms with Gasteiger partial charge in [0.15, 0.2) is 14.8 Å². The van der Waals surface area contributed by atoms with Gasteiger partial charge in [0.1, 0.15) is 22.0 Å². The first kappa shape index (κ1) is 25.9. The van der Waals surface area contributed by atoms with Gasteiger partial charge in [-0.25, -0.2) is 9.37 Å². The van der Waals surface area contributed by atoms with Crippen LogP contribution < -0.4 is 15.6 Å². The Morgan fingerprint density at radius 3 is 2.53 bits per heavy atom. The zero-order valence-electron chi connectivity index (χ0n) is 20.0. The SMILES string of the molecule is CCOc1ccc(-n2c(=S)sc3c(=O)n(-c4ccc(F)cc4)c(SCC(=O)NCc4ccco4)nc32)cc1. The number of thiazole rings is 1. The molecule has 0 fully saturated rings. The molecular formula is C26H21FN4O4S3. The minimum Gasteiger partial charge on any atom is -0.494 e. The van der Waals surface area contributed by atoms with Crippen LogP contribution >= 0.6 is 35.3 Å². The van der Waals surface area contributed by atoms with E-state index >= 15 is 0 Å². The van der Waals surface area contributed by atoms with E-state index in [1.54, 1.807) is 16.7 Å². The van der Waals surface area contributed by atoms with Crippen LogP contribution in [0, 0.1) is 9.77 Å². The van der Waals surface area contributed by atoms with E-state index < -0.39 is 5.82 Å². The molecule has 1 amide bonds. The molecule has 0 spiro atoms. The van der Waals surface area contributed by atoms with Gasteiger partial charge >= 0.3 is 0 Å².